The van der Waals surface area contributed by atoms with Crippen LogP contribution in [0.2, 0.25) is 10.0 Å². The molecule has 0 aliphatic carbocycles. The number of halogens is 3. The van der Waals surface area contributed by atoms with E-state index in [0.717, 1.165) is 9.13 Å². The fourth-order valence-corrected chi connectivity index (χ4v) is 2.11. The van der Waals surface area contributed by atoms with Gasteiger partial charge < -0.3 is 5.32 Å². The second-order valence-corrected chi connectivity index (χ2v) is 5.90. The highest BCUT2D eigenvalue weighted by atomic mass is 127. The van der Waals surface area contributed by atoms with Crippen LogP contribution in [0.25, 0.3) is 0 Å². The molecule has 3 nitrogen and oxygen atoms in total. The van der Waals surface area contributed by atoms with Gasteiger partial charge in [0, 0.05) is 9.77 Å². The second-order valence-electron chi connectivity index (χ2n) is 3.84. The van der Waals surface area contributed by atoms with Gasteiger partial charge >= 0.3 is 0 Å². The maximum Gasteiger partial charge on any atom is 0.229 e. The van der Waals surface area contributed by atoms with E-state index in [1.54, 1.807) is 30.5 Å². The van der Waals surface area contributed by atoms with E-state index in [1.807, 2.05) is 6.07 Å². The van der Waals surface area contributed by atoms with Crippen LogP contribution in [0.5, 0.6) is 0 Å². The first-order valence-corrected chi connectivity index (χ1v) is 7.23. The Labute approximate surface area is 134 Å². The van der Waals surface area contributed by atoms with Gasteiger partial charge in [-0.25, -0.2) is 4.98 Å². The minimum atomic E-state index is -0.146. The van der Waals surface area contributed by atoms with Crippen LogP contribution in [0, 0.1) is 3.57 Å². The van der Waals surface area contributed by atoms with Gasteiger partial charge in [-0.1, -0.05) is 29.3 Å². The summed E-state index contributed by atoms with van der Waals surface area (Å²) >= 11 is 13.9. The van der Waals surface area contributed by atoms with Crippen LogP contribution in [0.15, 0.2) is 36.5 Å². The molecule has 1 amide bonds. The molecule has 0 unspecified atom stereocenters. The predicted molar refractivity (Wildman–Crippen MR) is 85.7 cm³/mol. The number of aromatic nitrogens is 1. The number of anilines is 1. The van der Waals surface area contributed by atoms with Gasteiger partial charge in [0.15, 0.2) is 0 Å². The van der Waals surface area contributed by atoms with Gasteiger partial charge in [0.2, 0.25) is 5.91 Å². The molecule has 0 spiro atoms. The fourth-order valence-electron chi connectivity index (χ4n) is 1.47. The number of hydrogen-bond acceptors (Lipinski definition) is 2. The zero-order valence-corrected chi connectivity index (χ0v) is 13.3. The van der Waals surface area contributed by atoms with Crippen molar-refractivity contribution in [2.45, 2.75) is 6.42 Å². The average Bonchev–Trinajstić information content (AvgIpc) is 2.37. The molecular formula is C13H9Cl2IN2O. The summed E-state index contributed by atoms with van der Waals surface area (Å²) in [6.45, 7) is 0. The van der Waals surface area contributed by atoms with Crippen LogP contribution in [-0.2, 0) is 11.2 Å². The summed E-state index contributed by atoms with van der Waals surface area (Å²) < 4.78 is 1.01. The van der Waals surface area contributed by atoms with Gasteiger partial charge in [0.1, 0.15) is 5.82 Å². The minimum absolute atomic E-state index is 0.146. The third kappa shape index (κ3) is 4.33. The number of amides is 1. The molecule has 0 saturated carbocycles. The minimum Gasteiger partial charge on any atom is -0.310 e. The van der Waals surface area contributed by atoms with Crippen molar-refractivity contribution in [3.63, 3.8) is 0 Å². The monoisotopic (exact) mass is 406 g/mol. The molecule has 2 rings (SSSR count). The van der Waals surface area contributed by atoms with Crippen molar-refractivity contribution in [1.29, 1.82) is 0 Å². The molecule has 0 atom stereocenters. The first-order valence-electron chi connectivity index (χ1n) is 5.40. The van der Waals surface area contributed by atoms with Gasteiger partial charge in [-0.3, -0.25) is 4.79 Å². The quantitative estimate of drug-likeness (QED) is 0.777. The normalized spacial score (nSPS) is 10.3. The van der Waals surface area contributed by atoms with E-state index in [1.165, 1.54) is 0 Å². The lowest BCUT2D eigenvalue weighted by molar-refractivity contribution is -0.115. The Bertz CT molecular complexity index is 602. The van der Waals surface area contributed by atoms with E-state index in [0.29, 0.717) is 15.9 Å². The summed E-state index contributed by atoms with van der Waals surface area (Å²) in [7, 11) is 0. The molecule has 98 valence electrons. The maximum atomic E-state index is 11.8. The van der Waals surface area contributed by atoms with Gasteiger partial charge in [0.25, 0.3) is 0 Å². The van der Waals surface area contributed by atoms with E-state index in [9.17, 15) is 4.79 Å². The largest absolute Gasteiger partial charge is 0.310 e. The number of nitrogens with one attached hydrogen (secondary N) is 1. The van der Waals surface area contributed by atoms with Gasteiger partial charge in [0.05, 0.1) is 16.5 Å². The van der Waals surface area contributed by atoms with Crippen LogP contribution < -0.4 is 5.32 Å². The van der Waals surface area contributed by atoms with E-state index < -0.39 is 0 Å². The van der Waals surface area contributed by atoms with Crippen LogP contribution in [0.4, 0.5) is 5.82 Å². The molecular weight excluding hydrogens is 398 g/mol. The van der Waals surface area contributed by atoms with Crippen molar-refractivity contribution < 1.29 is 4.79 Å². The molecule has 1 aromatic carbocycles. The van der Waals surface area contributed by atoms with E-state index >= 15 is 0 Å². The van der Waals surface area contributed by atoms with Gasteiger partial charge in [-0.15, -0.1) is 0 Å². The Morgan fingerprint density at radius 2 is 2.00 bits per heavy atom. The first kappa shape index (κ1) is 14.6. The van der Waals surface area contributed by atoms with Crippen molar-refractivity contribution in [2.75, 3.05) is 5.32 Å². The summed E-state index contributed by atoms with van der Waals surface area (Å²) in [6, 6.07) is 8.77. The standard InChI is InChI=1S/C13H9Cl2IN2O/c14-10-3-1-8(5-11(10)15)6-13(19)18-12-4-2-9(16)7-17-12/h1-5,7H,6H2,(H,17,18,19). The zero-order chi connectivity index (χ0) is 13.8. The van der Waals surface area contributed by atoms with Crippen LogP contribution >= 0.6 is 45.8 Å². The third-order valence-corrected chi connectivity index (χ3v) is 3.72. The summed E-state index contributed by atoms with van der Waals surface area (Å²) in [4.78, 5) is 15.9. The van der Waals surface area contributed by atoms with Crippen molar-refractivity contribution >= 4 is 57.5 Å². The average molecular weight is 407 g/mol. The summed E-state index contributed by atoms with van der Waals surface area (Å²) in [5.41, 5.74) is 0.803. The number of carbonyl (C=O) groups is 1. The Hall–Kier alpha value is -0.850. The molecule has 0 radical (unpaired) electrons. The summed E-state index contributed by atoms with van der Waals surface area (Å²) in [6.07, 6.45) is 1.92. The topological polar surface area (TPSA) is 42.0 Å². The highest BCUT2D eigenvalue weighted by Gasteiger charge is 2.06. The molecule has 1 N–H and O–H groups in total. The van der Waals surface area contributed by atoms with Crippen molar-refractivity contribution in [3.05, 3.63) is 55.7 Å². The molecule has 1 heterocycles. The highest BCUT2D eigenvalue weighted by molar-refractivity contribution is 14.1. The van der Waals surface area contributed by atoms with E-state index in [4.69, 9.17) is 23.2 Å². The second kappa shape index (κ2) is 6.54. The summed E-state index contributed by atoms with van der Waals surface area (Å²) in [5, 5.41) is 3.64. The van der Waals surface area contributed by atoms with Gasteiger partial charge in [-0.2, -0.15) is 0 Å². The lowest BCUT2D eigenvalue weighted by Gasteiger charge is -2.05. The lowest BCUT2D eigenvalue weighted by Crippen LogP contribution is -2.15. The Morgan fingerprint density at radius 3 is 2.63 bits per heavy atom. The number of carbonyl (C=O) groups excluding carboxylic acids is 1. The van der Waals surface area contributed by atoms with Crippen LogP contribution in [-0.4, -0.2) is 10.9 Å². The predicted octanol–water partition coefficient (Wildman–Crippen LogP) is 4.17. The maximum absolute atomic E-state index is 11.8. The van der Waals surface area contributed by atoms with E-state index in [2.05, 4.69) is 32.9 Å². The number of nitrogens with zero attached hydrogens (tertiary/aromatic N) is 1. The van der Waals surface area contributed by atoms with Gasteiger partial charge in [-0.05, 0) is 52.4 Å². The molecule has 6 heteroatoms. The SMILES string of the molecule is O=C(Cc1ccc(Cl)c(Cl)c1)Nc1ccc(I)cn1. The number of hydrogen-bond donors (Lipinski definition) is 1. The smallest absolute Gasteiger partial charge is 0.229 e. The Morgan fingerprint density at radius 1 is 1.21 bits per heavy atom. The number of benzene rings is 1. The third-order valence-electron chi connectivity index (χ3n) is 2.34. The molecule has 0 aliphatic rings. The van der Waals surface area contributed by atoms with E-state index in [-0.39, 0.29) is 12.3 Å². The molecule has 2 aromatic rings. The first-order chi connectivity index (χ1) is 9.04. The molecule has 0 saturated heterocycles. The molecule has 0 fully saturated rings. The lowest BCUT2D eigenvalue weighted by atomic mass is 10.1. The Balaban J connectivity index is 2.01. The number of rotatable bonds is 3. The summed E-state index contributed by atoms with van der Waals surface area (Å²) in [5.74, 6) is 0.387. The van der Waals surface area contributed by atoms with Crippen molar-refractivity contribution in [2.24, 2.45) is 0 Å². The zero-order valence-electron chi connectivity index (χ0n) is 9.66. The Kier molecular flexibility index (Phi) is 5.01. The molecule has 0 bridgehead atoms. The highest BCUT2D eigenvalue weighted by Crippen LogP contribution is 2.22. The van der Waals surface area contributed by atoms with Crippen LogP contribution in [0.3, 0.4) is 0 Å². The van der Waals surface area contributed by atoms with Crippen LogP contribution in [0.1, 0.15) is 5.56 Å². The molecule has 1 aromatic heterocycles. The number of pyridine rings is 1. The molecule has 19 heavy (non-hydrogen) atoms. The molecule has 0 aliphatic heterocycles. The van der Waals surface area contributed by atoms with Crippen molar-refractivity contribution in [1.82, 2.24) is 4.98 Å². The van der Waals surface area contributed by atoms with Crippen molar-refractivity contribution in [3.8, 4) is 0 Å². The fraction of sp³-hybridized carbons (Fsp3) is 0.0769.